The van der Waals surface area contributed by atoms with E-state index in [9.17, 15) is 0 Å². The van der Waals surface area contributed by atoms with Crippen LogP contribution in [-0.2, 0) is 0 Å². The zero-order chi connectivity index (χ0) is 6.57. The first-order valence-electron chi connectivity index (χ1n) is 2.52. The van der Waals surface area contributed by atoms with Crippen molar-refractivity contribution in [3.63, 3.8) is 0 Å². The van der Waals surface area contributed by atoms with Crippen LogP contribution in [0.1, 0.15) is 6.92 Å². The van der Waals surface area contributed by atoms with Gasteiger partial charge >= 0.3 is 0 Å². The highest BCUT2D eigenvalue weighted by molar-refractivity contribution is 9.10. The lowest BCUT2D eigenvalue weighted by molar-refractivity contribution is 0.836. The monoisotopic (exact) mass is 178 g/mol. The second-order valence-electron chi connectivity index (χ2n) is 1.71. The number of alkyl halides is 1. The lowest BCUT2D eigenvalue weighted by Gasteiger charge is -2.04. The molecule has 2 N–H and O–H groups in total. The van der Waals surface area contributed by atoms with Crippen LogP contribution in [0, 0.1) is 5.41 Å². The van der Waals surface area contributed by atoms with E-state index in [4.69, 9.17) is 5.41 Å². The summed E-state index contributed by atoms with van der Waals surface area (Å²) in [7, 11) is 1.87. The molecule has 0 aromatic carbocycles. The van der Waals surface area contributed by atoms with Crippen LogP contribution in [-0.4, -0.2) is 24.1 Å². The summed E-state index contributed by atoms with van der Waals surface area (Å²) in [4.78, 5) is 0.201. The van der Waals surface area contributed by atoms with E-state index >= 15 is 0 Å². The molecule has 0 radical (unpaired) electrons. The van der Waals surface area contributed by atoms with E-state index in [1.165, 1.54) is 0 Å². The average Bonchev–Trinajstić information content (AvgIpc) is 1.67. The molecule has 0 fully saturated rings. The molecule has 0 aliphatic heterocycles. The minimum atomic E-state index is 0.201. The zero-order valence-corrected chi connectivity index (χ0v) is 6.75. The number of rotatable bonds is 3. The summed E-state index contributed by atoms with van der Waals surface area (Å²) >= 11 is 3.32. The Bertz CT molecular complexity index is 82.5. The number of halogens is 1. The Labute approximate surface area is 58.3 Å². The summed E-state index contributed by atoms with van der Waals surface area (Å²) in [6.07, 6.45) is 0. The van der Waals surface area contributed by atoms with E-state index in [0.717, 1.165) is 6.54 Å². The average molecular weight is 179 g/mol. The molecule has 0 saturated carbocycles. The van der Waals surface area contributed by atoms with Crippen LogP contribution < -0.4 is 5.32 Å². The Balaban J connectivity index is 3.32. The number of hydrogen-bond donors (Lipinski definition) is 2. The summed E-state index contributed by atoms with van der Waals surface area (Å²) in [5.41, 5.74) is 0.666. The fourth-order valence-corrected chi connectivity index (χ4v) is 0.656. The molecule has 1 unspecified atom stereocenters. The fraction of sp³-hybridized carbons (Fsp3) is 0.800. The van der Waals surface area contributed by atoms with E-state index in [1.807, 2.05) is 7.05 Å². The van der Waals surface area contributed by atoms with Crippen molar-refractivity contribution < 1.29 is 0 Å². The molecule has 1 atom stereocenters. The van der Waals surface area contributed by atoms with Gasteiger partial charge in [-0.3, -0.25) is 0 Å². The van der Waals surface area contributed by atoms with Crippen molar-refractivity contribution in [1.29, 1.82) is 5.41 Å². The van der Waals surface area contributed by atoms with Gasteiger partial charge in [-0.05, 0) is 14.0 Å². The van der Waals surface area contributed by atoms with Gasteiger partial charge in [0.05, 0.1) is 4.83 Å². The zero-order valence-electron chi connectivity index (χ0n) is 5.16. The molecule has 0 aliphatic rings. The minimum absolute atomic E-state index is 0.201. The molecule has 0 rings (SSSR count). The molecule has 0 aromatic rings. The van der Waals surface area contributed by atoms with Crippen LogP contribution in [0.4, 0.5) is 0 Å². The maximum Gasteiger partial charge on any atom is 0.0643 e. The van der Waals surface area contributed by atoms with E-state index in [-0.39, 0.29) is 4.83 Å². The highest BCUT2D eigenvalue weighted by Gasteiger charge is 2.01. The van der Waals surface area contributed by atoms with Crippen molar-refractivity contribution in [3.8, 4) is 0 Å². The van der Waals surface area contributed by atoms with Gasteiger partial charge in [0.15, 0.2) is 0 Å². The van der Waals surface area contributed by atoms with Gasteiger partial charge in [-0.15, -0.1) is 0 Å². The second kappa shape index (κ2) is 4.04. The predicted molar refractivity (Wildman–Crippen MR) is 40.0 cm³/mol. The summed E-state index contributed by atoms with van der Waals surface area (Å²) in [6, 6.07) is 0. The van der Waals surface area contributed by atoms with Crippen LogP contribution in [0.3, 0.4) is 0 Å². The molecule has 0 amide bonds. The van der Waals surface area contributed by atoms with Crippen LogP contribution in [0.2, 0.25) is 0 Å². The Morgan fingerprint density at radius 3 is 2.50 bits per heavy atom. The van der Waals surface area contributed by atoms with Crippen molar-refractivity contribution in [2.45, 2.75) is 11.8 Å². The maximum absolute atomic E-state index is 7.12. The summed E-state index contributed by atoms with van der Waals surface area (Å²) in [5, 5.41) is 10.1. The van der Waals surface area contributed by atoms with E-state index in [2.05, 4.69) is 21.2 Å². The van der Waals surface area contributed by atoms with E-state index < -0.39 is 0 Å². The van der Waals surface area contributed by atoms with Gasteiger partial charge in [-0.25, -0.2) is 0 Å². The third kappa shape index (κ3) is 3.16. The van der Waals surface area contributed by atoms with Crippen molar-refractivity contribution in [2.75, 3.05) is 13.6 Å². The van der Waals surface area contributed by atoms with Crippen LogP contribution >= 0.6 is 15.9 Å². The highest BCUT2D eigenvalue weighted by Crippen LogP contribution is 1.97. The van der Waals surface area contributed by atoms with Gasteiger partial charge in [0.25, 0.3) is 0 Å². The largest absolute Gasteiger partial charge is 0.318 e. The first-order valence-corrected chi connectivity index (χ1v) is 3.43. The SMILES string of the molecule is CNCC(Br)C(C)=N. The lowest BCUT2D eigenvalue weighted by atomic mass is 10.3. The number of nitrogens with one attached hydrogen (secondary N) is 2. The van der Waals surface area contributed by atoms with Gasteiger partial charge in [-0.1, -0.05) is 15.9 Å². The molecule has 0 bridgehead atoms. The van der Waals surface area contributed by atoms with Crippen LogP contribution in [0.25, 0.3) is 0 Å². The van der Waals surface area contributed by atoms with Gasteiger partial charge in [0, 0.05) is 12.3 Å². The lowest BCUT2D eigenvalue weighted by Crippen LogP contribution is -2.23. The van der Waals surface area contributed by atoms with Crippen molar-refractivity contribution in [3.05, 3.63) is 0 Å². The molecule has 0 aliphatic carbocycles. The second-order valence-corrected chi connectivity index (χ2v) is 2.81. The molecule has 48 valence electrons. The minimum Gasteiger partial charge on any atom is -0.318 e. The van der Waals surface area contributed by atoms with Crippen molar-refractivity contribution >= 4 is 21.6 Å². The molecule has 8 heavy (non-hydrogen) atoms. The fourth-order valence-electron chi connectivity index (χ4n) is 0.332. The summed E-state index contributed by atoms with van der Waals surface area (Å²) < 4.78 is 0. The van der Waals surface area contributed by atoms with Gasteiger partial charge in [-0.2, -0.15) is 0 Å². The topological polar surface area (TPSA) is 35.9 Å². The van der Waals surface area contributed by atoms with Crippen LogP contribution in [0.5, 0.6) is 0 Å². The van der Waals surface area contributed by atoms with Crippen molar-refractivity contribution in [1.82, 2.24) is 5.32 Å². The molecule has 0 saturated heterocycles. The van der Waals surface area contributed by atoms with E-state index in [0.29, 0.717) is 5.71 Å². The molecule has 3 heteroatoms. The number of hydrogen-bond acceptors (Lipinski definition) is 2. The summed E-state index contributed by atoms with van der Waals surface area (Å²) in [5.74, 6) is 0. The first kappa shape index (κ1) is 8.11. The quantitative estimate of drug-likeness (QED) is 0.492. The Morgan fingerprint density at radius 1 is 1.88 bits per heavy atom. The van der Waals surface area contributed by atoms with Crippen molar-refractivity contribution in [2.24, 2.45) is 0 Å². The maximum atomic E-state index is 7.12. The van der Waals surface area contributed by atoms with Crippen LogP contribution in [0.15, 0.2) is 0 Å². The molecule has 0 heterocycles. The van der Waals surface area contributed by atoms with Gasteiger partial charge in [0.1, 0.15) is 0 Å². The Hall–Kier alpha value is 0.110. The molecular formula is C5H11BrN2. The highest BCUT2D eigenvalue weighted by atomic mass is 79.9. The molecule has 2 nitrogen and oxygen atoms in total. The molecule has 0 spiro atoms. The molecular weight excluding hydrogens is 168 g/mol. The Morgan fingerprint density at radius 2 is 2.38 bits per heavy atom. The third-order valence-corrected chi connectivity index (χ3v) is 1.86. The Kier molecular flexibility index (Phi) is 4.09. The smallest absolute Gasteiger partial charge is 0.0643 e. The standard InChI is InChI=1S/C5H11BrN2/c1-4(7)5(6)3-8-2/h5,7-8H,3H2,1-2H3. The van der Waals surface area contributed by atoms with Gasteiger partial charge < -0.3 is 10.7 Å². The van der Waals surface area contributed by atoms with E-state index in [1.54, 1.807) is 6.92 Å². The predicted octanol–water partition coefficient (Wildman–Crippen LogP) is 1.01. The van der Waals surface area contributed by atoms with Gasteiger partial charge in [0.2, 0.25) is 0 Å². The first-order chi connectivity index (χ1) is 3.68. The summed E-state index contributed by atoms with van der Waals surface area (Å²) in [6.45, 7) is 2.62. The molecule has 0 aromatic heterocycles. The third-order valence-electron chi connectivity index (χ3n) is 0.853. The normalized spacial score (nSPS) is 13.4.